The van der Waals surface area contributed by atoms with Gasteiger partial charge in [0.05, 0.1) is 0 Å². The van der Waals surface area contributed by atoms with Crippen molar-refractivity contribution in [2.75, 3.05) is 18.1 Å². The number of thioether (sulfide) groups is 1. The van der Waals surface area contributed by atoms with E-state index in [1.807, 2.05) is 0 Å². The maximum absolute atomic E-state index is 11.9. The standard InChI is InChI=1S/C7H11F3N2O4S2/c8-7(9,10)3-11-18(15,16)12-6(5(13)14)1-2-17-4-6/h11-12H,1-4H2,(H,13,14). The molecule has 6 nitrogen and oxygen atoms in total. The molecule has 0 radical (unpaired) electrons. The molecule has 1 unspecified atom stereocenters. The van der Waals surface area contributed by atoms with Crippen LogP contribution in [0.5, 0.6) is 0 Å². The fourth-order valence-electron chi connectivity index (χ4n) is 1.33. The topological polar surface area (TPSA) is 95.5 Å². The van der Waals surface area contributed by atoms with Crippen LogP contribution in [0.15, 0.2) is 0 Å². The van der Waals surface area contributed by atoms with Gasteiger partial charge in [-0.2, -0.15) is 42.8 Å². The molecule has 1 aliphatic rings. The number of carboxylic acid groups (broad SMARTS) is 1. The second-order valence-corrected chi connectivity index (χ2v) is 6.34. The van der Waals surface area contributed by atoms with Crippen LogP contribution < -0.4 is 9.44 Å². The van der Waals surface area contributed by atoms with Crippen LogP contribution in [0.25, 0.3) is 0 Å². The summed E-state index contributed by atoms with van der Waals surface area (Å²) in [5.74, 6) is -0.992. The van der Waals surface area contributed by atoms with Crippen molar-refractivity contribution in [3.8, 4) is 0 Å². The number of aliphatic carboxylic acids is 1. The van der Waals surface area contributed by atoms with Crippen molar-refractivity contribution < 1.29 is 31.5 Å². The predicted molar refractivity (Wildman–Crippen MR) is 58.4 cm³/mol. The Morgan fingerprint density at radius 1 is 1.44 bits per heavy atom. The lowest BCUT2D eigenvalue weighted by Crippen LogP contribution is -2.58. The summed E-state index contributed by atoms with van der Waals surface area (Å²) in [6.45, 7) is -1.74. The third kappa shape index (κ3) is 4.30. The van der Waals surface area contributed by atoms with Crippen LogP contribution in [0.2, 0.25) is 0 Å². The van der Waals surface area contributed by atoms with Gasteiger partial charge in [0.1, 0.15) is 12.1 Å². The summed E-state index contributed by atoms with van der Waals surface area (Å²) in [5.41, 5.74) is -1.73. The molecule has 0 aromatic heterocycles. The van der Waals surface area contributed by atoms with E-state index < -0.39 is 34.4 Å². The quantitative estimate of drug-likeness (QED) is 0.661. The number of nitrogens with one attached hydrogen (secondary N) is 2. The van der Waals surface area contributed by atoms with Gasteiger partial charge in [-0.25, -0.2) is 0 Å². The molecule has 0 aliphatic carbocycles. The molecule has 1 heterocycles. The maximum atomic E-state index is 11.9. The van der Waals surface area contributed by atoms with Gasteiger partial charge in [0.25, 0.3) is 10.2 Å². The summed E-state index contributed by atoms with van der Waals surface area (Å²) >= 11 is 1.22. The third-order valence-electron chi connectivity index (χ3n) is 2.22. The van der Waals surface area contributed by atoms with E-state index in [-0.39, 0.29) is 12.2 Å². The molecule has 11 heteroatoms. The molecule has 106 valence electrons. The summed E-state index contributed by atoms with van der Waals surface area (Å²) in [6, 6.07) is 0. The van der Waals surface area contributed by atoms with Crippen LogP contribution in [-0.4, -0.2) is 49.3 Å². The minimum atomic E-state index is -4.70. The zero-order chi connectivity index (χ0) is 14.0. The average Bonchev–Trinajstić information content (AvgIpc) is 2.63. The Morgan fingerprint density at radius 3 is 2.44 bits per heavy atom. The second-order valence-electron chi connectivity index (χ2n) is 3.73. The van der Waals surface area contributed by atoms with Gasteiger partial charge in [0, 0.05) is 5.75 Å². The van der Waals surface area contributed by atoms with E-state index in [1.54, 1.807) is 4.72 Å². The molecule has 0 aromatic carbocycles. The van der Waals surface area contributed by atoms with E-state index in [9.17, 15) is 26.4 Å². The first-order valence-electron chi connectivity index (χ1n) is 4.73. The highest BCUT2D eigenvalue weighted by atomic mass is 32.2. The van der Waals surface area contributed by atoms with Gasteiger partial charge >= 0.3 is 12.1 Å². The monoisotopic (exact) mass is 308 g/mol. The molecule has 1 atom stereocenters. The molecule has 0 spiro atoms. The molecule has 18 heavy (non-hydrogen) atoms. The SMILES string of the molecule is O=C(O)C1(NS(=O)(=O)NCC(F)(F)F)CCSC1. The number of hydrogen-bond donors (Lipinski definition) is 3. The van der Waals surface area contributed by atoms with Crippen molar-refractivity contribution >= 4 is 27.9 Å². The second kappa shape index (κ2) is 5.23. The first-order chi connectivity index (χ1) is 8.06. The summed E-state index contributed by atoms with van der Waals surface area (Å²) in [5, 5.41) is 8.96. The third-order valence-corrected chi connectivity index (χ3v) is 4.60. The Bertz CT molecular complexity index is 417. The fourth-order valence-corrected chi connectivity index (χ4v) is 3.95. The molecule has 0 aromatic rings. The van der Waals surface area contributed by atoms with Crippen molar-refractivity contribution in [3.05, 3.63) is 0 Å². The Hall–Kier alpha value is -0.520. The molecular formula is C7H11F3N2O4S2. The first-order valence-corrected chi connectivity index (χ1v) is 7.37. The molecule has 1 saturated heterocycles. The normalized spacial score (nSPS) is 25.3. The number of alkyl halides is 3. The predicted octanol–water partition coefficient (Wildman–Crippen LogP) is -0.0670. The van der Waals surface area contributed by atoms with E-state index in [4.69, 9.17) is 5.11 Å². The minimum absolute atomic E-state index is 0.0186. The van der Waals surface area contributed by atoms with Crippen LogP contribution in [-0.2, 0) is 15.0 Å². The van der Waals surface area contributed by atoms with Gasteiger partial charge in [0.15, 0.2) is 0 Å². The molecule has 0 bridgehead atoms. The lowest BCUT2D eigenvalue weighted by molar-refractivity contribution is -0.142. The number of carboxylic acids is 1. The van der Waals surface area contributed by atoms with Crippen molar-refractivity contribution in [2.24, 2.45) is 0 Å². The molecular weight excluding hydrogens is 297 g/mol. The molecule has 3 N–H and O–H groups in total. The highest BCUT2D eigenvalue weighted by Gasteiger charge is 2.45. The Kier molecular flexibility index (Phi) is 4.51. The lowest BCUT2D eigenvalue weighted by Gasteiger charge is -2.24. The summed E-state index contributed by atoms with van der Waals surface area (Å²) in [4.78, 5) is 11.0. The summed E-state index contributed by atoms with van der Waals surface area (Å²) in [6.07, 6.45) is -4.67. The number of carbonyl (C=O) groups is 1. The summed E-state index contributed by atoms with van der Waals surface area (Å²) in [7, 11) is -4.52. The lowest BCUT2D eigenvalue weighted by atomic mass is 10.0. The fraction of sp³-hybridized carbons (Fsp3) is 0.857. The van der Waals surface area contributed by atoms with Crippen LogP contribution >= 0.6 is 11.8 Å². The molecule has 1 fully saturated rings. The number of rotatable bonds is 5. The van der Waals surface area contributed by atoms with Crippen LogP contribution in [0.3, 0.4) is 0 Å². The van der Waals surface area contributed by atoms with E-state index >= 15 is 0 Å². The Labute approximate surface area is 105 Å². The summed E-state index contributed by atoms with van der Waals surface area (Å²) < 4.78 is 61.4. The highest BCUT2D eigenvalue weighted by molar-refractivity contribution is 7.99. The first kappa shape index (κ1) is 15.5. The molecule has 0 saturated carbocycles. The minimum Gasteiger partial charge on any atom is -0.480 e. The van der Waals surface area contributed by atoms with E-state index in [2.05, 4.69) is 0 Å². The van der Waals surface area contributed by atoms with Crippen molar-refractivity contribution in [1.29, 1.82) is 0 Å². The van der Waals surface area contributed by atoms with Crippen molar-refractivity contribution in [1.82, 2.24) is 9.44 Å². The Morgan fingerprint density at radius 2 is 2.06 bits per heavy atom. The van der Waals surface area contributed by atoms with Crippen molar-refractivity contribution in [2.45, 2.75) is 18.1 Å². The van der Waals surface area contributed by atoms with Crippen LogP contribution in [0, 0.1) is 0 Å². The zero-order valence-corrected chi connectivity index (χ0v) is 10.6. The smallest absolute Gasteiger partial charge is 0.402 e. The van der Waals surface area contributed by atoms with Crippen LogP contribution in [0.4, 0.5) is 13.2 Å². The van der Waals surface area contributed by atoms with E-state index in [0.29, 0.717) is 5.75 Å². The van der Waals surface area contributed by atoms with Crippen LogP contribution in [0.1, 0.15) is 6.42 Å². The zero-order valence-electron chi connectivity index (χ0n) is 8.95. The highest BCUT2D eigenvalue weighted by Crippen LogP contribution is 2.28. The van der Waals surface area contributed by atoms with E-state index in [1.165, 1.54) is 16.5 Å². The largest absolute Gasteiger partial charge is 0.480 e. The molecule has 1 aliphatic heterocycles. The number of hydrogen-bond acceptors (Lipinski definition) is 4. The van der Waals surface area contributed by atoms with E-state index in [0.717, 1.165) is 0 Å². The van der Waals surface area contributed by atoms with Gasteiger partial charge < -0.3 is 5.11 Å². The van der Waals surface area contributed by atoms with Crippen molar-refractivity contribution in [3.63, 3.8) is 0 Å². The van der Waals surface area contributed by atoms with Gasteiger partial charge in [-0.3, -0.25) is 4.79 Å². The van der Waals surface area contributed by atoms with Gasteiger partial charge in [-0.1, -0.05) is 0 Å². The molecule has 0 amide bonds. The average molecular weight is 308 g/mol. The van der Waals surface area contributed by atoms with Gasteiger partial charge in [-0.15, -0.1) is 0 Å². The number of halogens is 3. The van der Waals surface area contributed by atoms with Gasteiger partial charge in [-0.05, 0) is 12.2 Å². The van der Waals surface area contributed by atoms with Gasteiger partial charge in [0.2, 0.25) is 0 Å². The molecule has 1 rings (SSSR count). The maximum Gasteiger partial charge on any atom is 0.402 e. The Balaban J connectivity index is 2.72.